The van der Waals surface area contributed by atoms with E-state index >= 15 is 0 Å². The zero-order valence-electron chi connectivity index (χ0n) is 13.5. The standard InChI is InChI=1S/C19H31N/c1-19(2)15-8-7-13-17(19)18(20-3)14-9-12-16-10-5-4-6-11-16/h4-6,10-11,17-18,20H,7-9,12-15H2,1-3H3. The van der Waals surface area contributed by atoms with Gasteiger partial charge in [0.25, 0.3) is 0 Å². The fourth-order valence-electron chi connectivity index (χ4n) is 3.98. The van der Waals surface area contributed by atoms with Crippen molar-refractivity contribution in [3.63, 3.8) is 0 Å². The molecule has 1 aliphatic rings. The van der Waals surface area contributed by atoms with Crippen molar-refractivity contribution < 1.29 is 0 Å². The Balaban J connectivity index is 1.85. The van der Waals surface area contributed by atoms with Crippen molar-refractivity contribution in [3.8, 4) is 0 Å². The number of benzene rings is 1. The summed E-state index contributed by atoms with van der Waals surface area (Å²) in [7, 11) is 2.15. The molecule has 0 heterocycles. The van der Waals surface area contributed by atoms with Crippen LogP contribution in [0.25, 0.3) is 0 Å². The predicted octanol–water partition coefficient (Wildman–Crippen LogP) is 4.81. The Bertz CT molecular complexity index is 382. The van der Waals surface area contributed by atoms with E-state index < -0.39 is 0 Å². The Hall–Kier alpha value is -0.820. The first-order valence-corrected chi connectivity index (χ1v) is 8.34. The Morgan fingerprint density at radius 3 is 2.60 bits per heavy atom. The molecule has 0 saturated heterocycles. The highest BCUT2D eigenvalue weighted by atomic mass is 14.9. The molecule has 112 valence electrons. The molecule has 0 radical (unpaired) electrons. The van der Waals surface area contributed by atoms with Gasteiger partial charge in [-0.3, -0.25) is 0 Å². The van der Waals surface area contributed by atoms with Gasteiger partial charge in [-0.1, -0.05) is 57.0 Å². The summed E-state index contributed by atoms with van der Waals surface area (Å²) in [6.07, 6.45) is 9.46. The lowest BCUT2D eigenvalue weighted by Crippen LogP contribution is -2.43. The Labute approximate surface area is 125 Å². The highest BCUT2D eigenvalue weighted by molar-refractivity contribution is 5.14. The molecule has 1 aromatic carbocycles. The first-order chi connectivity index (χ1) is 9.63. The topological polar surface area (TPSA) is 12.0 Å². The monoisotopic (exact) mass is 273 g/mol. The Kier molecular flexibility index (Phi) is 5.65. The molecule has 0 aromatic heterocycles. The lowest BCUT2D eigenvalue weighted by atomic mass is 9.65. The van der Waals surface area contributed by atoms with Crippen molar-refractivity contribution in [2.45, 2.75) is 64.8 Å². The smallest absolute Gasteiger partial charge is 0.00975 e. The average Bonchev–Trinajstić information content (AvgIpc) is 2.45. The van der Waals surface area contributed by atoms with Crippen LogP contribution < -0.4 is 5.32 Å². The van der Waals surface area contributed by atoms with Gasteiger partial charge in [-0.05, 0) is 56.0 Å². The van der Waals surface area contributed by atoms with Crippen molar-refractivity contribution in [3.05, 3.63) is 35.9 Å². The zero-order valence-corrected chi connectivity index (χ0v) is 13.5. The SMILES string of the molecule is CNC(CCCc1ccccc1)C1CCCCC1(C)C. The summed E-state index contributed by atoms with van der Waals surface area (Å²) in [4.78, 5) is 0. The molecule has 20 heavy (non-hydrogen) atoms. The van der Waals surface area contributed by atoms with Crippen molar-refractivity contribution in [2.24, 2.45) is 11.3 Å². The Morgan fingerprint density at radius 1 is 1.20 bits per heavy atom. The molecule has 0 aliphatic heterocycles. The average molecular weight is 273 g/mol. The van der Waals surface area contributed by atoms with E-state index in [0.29, 0.717) is 11.5 Å². The van der Waals surface area contributed by atoms with Crippen LogP contribution in [0.5, 0.6) is 0 Å². The lowest BCUT2D eigenvalue weighted by molar-refractivity contribution is 0.0970. The maximum Gasteiger partial charge on any atom is 0.00975 e. The van der Waals surface area contributed by atoms with Gasteiger partial charge < -0.3 is 5.32 Å². The van der Waals surface area contributed by atoms with E-state index in [1.807, 2.05) is 0 Å². The van der Waals surface area contributed by atoms with E-state index in [0.717, 1.165) is 5.92 Å². The number of hydrogen-bond acceptors (Lipinski definition) is 1. The number of nitrogens with one attached hydrogen (secondary N) is 1. The van der Waals surface area contributed by atoms with Crippen LogP contribution in [0.2, 0.25) is 0 Å². The van der Waals surface area contributed by atoms with Gasteiger partial charge in [-0.2, -0.15) is 0 Å². The van der Waals surface area contributed by atoms with Crippen molar-refractivity contribution in [1.29, 1.82) is 0 Å². The van der Waals surface area contributed by atoms with Crippen LogP contribution in [0.4, 0.5) is 0 Å². The minimum Gasteiger partial charge on any atom is -0.317 e. The second kappa shape index (κ2) is 7.26. The summed E-state index contributed by atoms with van der Waals surface area (Å²) < 4.78 is 0. The maximum absolute atomic E-state index is 3.61. The van der Waals surface area contributed by atoms with Crippen LogP contribution in [0.1, 0.15) is 57.9 Å². The van der Waals surface area contributed by atoms with Gasteiger partial charge in [0.1, 0.15) is 0 Å². The molecular weight excluding hydrogens is 242 g/mol. The van der Waals surface area contributed by atoms with E-state index in [9.17, 15) is 0 Å². The summed E-state index contributed by atoms with van der Waals surface area (Å²) in [6.45, 7) is 4.94. The van der Waals surface area contributed by atoms with Crippen LogP contribution in [-0.4, -0.2) is 13.1 Å². The predicted molar refractivity (Wildman–Crippen MR) is 88.0 cm³/mol. The Morgan fingerprint density at radius 2 is 1.95 bits per heavy atom. The van der Waals surface area contributed by atoms with Crippen LogP contribution in [0.3, 0.4) is 0 Å². The summed E-state index contributed by atoms with van der Waals surface area (Å²) >= 11 is 0. The lowest BCUT2D eigenvalue weighted by Gasteiger charge is -2.43. The summed E-state index contributed by atoms with van der Waals surface area (Å²) in [6, 6.07) is 11.6. The van der Waals surface area contributed by atoms with E-state index in [2.05, 4.69) is 56.5 Å². The molecule has 2 unspecified atom stereocenters. The molecular formula is C19H31N. The highest BCUT2D eigenvalue weighted by Crippen LogP contribution is 2.43. The molecule has 1 nitrogen and oxygen atoms in total. The van der Waals surface area contributed by atoms with Crippen molar-refractivity contribution >= 4 is 0 Å². The third-order valence-electron chi connectivity index (χ3n) is 5.27. The van der Waals surface area contributed by atoms with E-state index in [1.54, 1.807) is 0 Å². The van der Waals surface area contributed by atoms with Crippen LogP contribution in [0, 0.1) is 11.3 Å². The van der Waals surface area contributed by atoms with E-state index in [1.165, 1.54) is 50.5 Å². The van der Waals surface area contributed by atoms with Crippen molar-refractivity contribution in [1.82, 2.24) is 5.32 Å². The summed E-state index contributed by atoms with van der Waals surface area (Å²) in [5.41, 5.74) is 1.99. The number of hydrogen-bond donors (Lipinski definition) is 1. The minimum atomic E-state index is 0.513. The zero-order chi connectivity index (χ0) is 14.4. The number of aryl methyl sites for hydroxylation is 1. The molecule has 0 spiro atoms. The molecule has 2 rings (SSSR count). The highest BCUT2D eigenvalue weighted by Gasteiger charge is 2.36. The summed E-state index contributed by atoms with van der Waals surface area (Å²) in [5.74, 6) is 0.844. The third kappa shape index (κ3) is 4.09. The van der Waals surface area contributed by atoms with Gasteiger partial charge in [0, 0.05) is 6.04 Å². The maximum atomic E-state index is 3.61. The molecule has 1 saturated carbocycles. The number of rotatable bonds is 6. The molecule has 1 aromatic rings. The van der Waals surface area contributed by atoms with Crippen molar-refractivity contribution in [2.75, 3.05) is 7.05 Å². The van der Waals surface area contributed by atoms with Gasteiger partial charge in [0.2, 0.25) is 0 Å². The fourth-order valence-corrected chi connectivity index (χ4v) is 3.98. The fraction of sp³-hybridized carbons (Fsp3) is 0.684. The van der Waals surface area contributed by atoms with Crippen LogP contribution in [-0.2, 0) is 6.42 Å². The third-order valence-corrected chi connectivity index (χ3v) is 5.27. The van der Waals surface area contributed by atoms with Crippen LogP contribution >= 0.6 is 0 Å². The van der Waals surface area contributed by atoms with Gasteiger partial charge in [-0.25, -0.2) is 0 Å². The molecule has 0 amide bonds. The van der Waals surface area contributed by atoms with Crippen LogP contribution in [0.15, 0.2) is 30.3 Å². The summed E-state index contributed by atoms with van der Waals surface area (Å²) in [5, 5.41) is 3.61. The van der Waals surface area contributed by atoms with Gasteiger partial charge in [0.05, 0.1) is 0 Å². The first-order valence-electron chi connectivity index (χ1n) is 8.34. The van der Waals surface area contributed by atoms with Gasteiger partial charge in [-0.15, -0.1) is 0 Å². The quantitative estimate of drug-likeness (QED) is 0.784. The molecule has 1 heteroatoms. The van der Waals surface area contributed by atoms with E-state index in [4.69, 9.17) is 0 Å². The van der Waals surface area contributed by atoms with E-state index in [-0.39, 0.29) is 0 Å². The molecule has 1 aliphatic carbocycles. The normalized spacial score (nSPS) is 23.4. The molecule has 1 N–H and O–H groups in total. The second-order valence-electron chi connectivity index (χ2n) is 7.11. The largest absolute Gasteiger partial charge is 0.317 e. The minimum absolute atomic E-state index is 0.513. The second-order valence-corrected chi connectivity index (χ2v) is 7.11. The van der Waals surface area contributed by atoms with Gasteiger partial charge in [0.15, 0.2) is 0 Å². The molecule has 1 fully saturated rings. The molecule has 0 bridgehead atoms. The molecule has 2 atom stereocenters. The van der Waals surface area contributed by atoms with Gasteiger partial charge >= 0.3 is 0 Å². The first kappa shape index (κ1) is 15.6.